The number of aromatic nitrogens is 1. The molecule has 1 aromatic carbocycles. The molecule has 2 amide bonds. The van der Waals surface area contributed by atoms with E-state index in [1.165, 1.54) is 6.07 Å². The number of piperidine rings is 1. The number of hydrogen-bond donors (Lipinski definition) is 1. The van der Waals surface area contributed by atoms with E-state index in [9.17, 15) is 14.9 Å². The number of rotatable bonds is 4. The summed E-state index contributed by atoms with van der Waals surface area (Å²) in [5.41, 5.74) is 0.868. The van der Waals surface area contributed by atoms with Crippen molar-refractivity contribution in [2.24, 2.45) is 5.92 Å². The second-order valence-electron chi connectivity index (χ2n) is 8.33. The van der Waals surface area contributed by atoms with Crippen LogP contribution in [-0.4, -0.2) is 46.5 Å². The predicted molar refractivity (Wildman–Crippen MR) is 120 cm³/mol. The highest BCUT2D eigenvalue weighted by Gasteiger charge is 2.35. The Labute approximate surface area is 182 Å². The number of carbonyl (C=O) groups excluding carboxylic acids is 1. The zero-order valence-electron chi connectivity index (χ0n) is 17.7. The standard InChI is InChI=1S/C23H29N5O3/c29-23(25-19-8-3-1-4-9-19)27-15-6-2-5-10-20(27)18-12-16-26(17-13-18)22-21(28(30)31)11-7-14-24-22/h1,3-4,7-9,11,14,18,20H,2,5-6,10,12-13,15-17H2,(H,25,29)/t20-/m1/s1. The summed E-state index contributed by atoms with van der Waals surface area (Å²) in [6, 6.07) is 12.9. The van der Waals surface area contributed by atoms with Gasteiger partial charge in [0, 0.05) is 43.6 Å². The maximum atomic E-state index is 13.1. The minimum Gasteiger partial charge on any atom is -0.351 e. The molecule has 2 aliphatic heterocycles. The molecule has 0 saturated carbocycles. The Balaban J connectivity index is 1.44. The van der Waals surface area contributed by atoms with Crippen LogP contribution in [0.25, 0.3) is 0 Å². The van der Waals surface area contributed by atoms with Crippen molar-refractivity contribution in [2.75, 3.05) is 29.9 Å². The number of amides is 2. The topological polar surface area (TPSA) is 91.6 Å². The van der Waals surface area contributed by atoms with Crippen LogP contribution in [0.15, 0.2) is 48.7 Å². The fraction of sp³-hybridized carbons (Fsp3) is 0.478. The summed E-state index contributed by atoms with van der Waals surface area (Å²) in [7, 11) is 0. The van der Waals surface area contributed by atoms with E-state index in [2.05, 4.69) is 10.3 Å². The minimum absolute atomic E-state index is 0.0270. The third kappa shape index (κ3) is 4.95. The average molecular weight is 424 g/mol. The number of likely N-dealkylation sites (tertiary alicyclic amines) is 1. The molecule has 8 heteroatoms. The van der Waals surface area contributed by atoms with Gasteiger partial charge in [-0.2, -0.15) is 0 Å². The summed E-state index contributed by atoms with van der Waals surface area (Å²) in [4.78, 5) is 32.4. The number of nitro groups is 1. The van der Waals surface area contributed by atoms with Crippen LogP contribution < -0.4 is 10.2 Å². The molecule has 0 spiro atoms. The Hall–Kier alpha value is -3.16. The SMILES string of the molecule is O=C(Nc1ccccc1)N1CCCCC[C@@H]1C1CCN(c2ncccc2[N+](=O)[O-])CC1. The third-order valence-electron chi connectivity index (χ3n) is 6.43. The second kappa shape index (κ2) is 9.76. The number of para-hydroxylation sites is 1. The predicted octanol–water partition coefficient (Wildman–Crippen LogP) is 4.68. The van der Waals surface area contributed by atoms with Gasteiger partial charge in [0.1, 0.15) is 0 Å². The molecule has 2 aliphatic rings. The van der Waals surface area contributed by atoms with E-state index < -0.39 is 0 Å². The van der Waals surface area contributed by atoms with Crippen LogP contribution in [0, 0.1) is 16.0 Å². The molecule has 0 bridgehead atoms. The van der Waals surface area contributed by atoms with Gasteiger partial charge in [-0.3, -0.25) is 10.1 Å². The lowest BCUT2D eigenvalue weighted by molar-refractivity contribution is -0.384. The fourth-order valence-corrected chi connectivity index (χ4v) is 4.86. The number of benzene rings is 1. The van der Waals surface area contributed by atoms with Crippen LogP contribution in [0.1, 0.15) is 38.5 Å². The minimum atomic E-state index is -0.366. The molecule has 0 radical (unpaired) electrons. The van der Waals surface area contributed by atoms with Crippen molar-refractivity contribution in [2.45, 2.75) is 44.6 Å². The lowest BCUT2D eigenvalue weighted by Crippen LogP contribution is -2.49. The average Bonchev–Trinajstić information content (AvgIpc) is 3.06. The van der Waals surface area contributed by atoms with Gasteiger partial charge < -0.3 is 15.1 Å². The highest BCUT2D eigenvalue weighted by molar-refractivity contribution is 5.89. The zero-order valence-corrected chi connectivity index (χ0v) is 17.7. The molecule has 0 aliphatic carbocycles. The molecule has 31 heavy (non-hydrogen) atoms. The van der Waals surface area contributed by atoms with Gasteiger partial charge in [0.15, 0.2) is 0 Å². The fourth-order valence-electron chi connectivity index (χ4n) is 4.86. The molecule has 4 rings (SSSR count). The van der Waals surface area contributed by atoms with Gasteiger partial charge in [0.25, 0.3) is 0 Å². The Kier molecular flexibility index (Phi) is 6.64. The number of urea groups is 1. The van der Waals surface area contributed by atoms with Crippen LogP contribution in [0.5, 0.6) is 0 Å². The maximum absolute atomic E-state index is 13.1. The molecule has 2 saturated heterocycles. The van der Waals surface area contributed by atoms with E-state index in [0.717, 1.165) is 50.8 Å². The molecule has 3 heterocycles. The van der Waals surface area contributed by atoms with E-state index in [1.54, 1.807) is 12.3 Å². The third-order valence-corrected chi connectivity index (χ3v) is 6.43. The molecule has 1 N–H and O–H groups in total. The van der Waals surface area contributed by atoms with Gasteiger partial charge >= 0.3 is 11.7 Å². The molecule has 2 aromatic rings. The lowest BCUT2D eigenvalue weighted by atomic mass is 9.86. The summed E-state index contributed by atoms with van der Waals surface area (Å²) >= 11 is 0. The van der Waals surface area contributed by atoms with Gasteiger partial charge in [-0.15, -0.1) is 0 Å². The second-order valence-corrected chi connectivity index (χ2v) is 8.33. The van der Waals surface area contributed by atoms with Gasteiger partial charge in [0.05, 0.1) is 4.92 Å². The van der Waals surface area contributed by atoms with Gasteiger partial charge in [0.2, 0.25) is 5.82 Å². The van der Waals surface area contributed by atoms with Crippen LogP contribution in [-0.2, 0) is 0 Å². The summed E-state index contributed by atoms with van der Waals surface area (Å²) in [6.07, 6.45) is 7.71. The van der Waals surface area contributed by atoms with Crippen molar-refractivity contribution in [3.05, 3.63) is 58.8 Å². The molecular weight excluding hydrogens is 394 g/mol. The first-order valence-electron chi connectivity index (χ1n) is 11.1. The molecule has 2 fully saturated rings. The van der Waals surface area contributed by atoms with E-state index in [0.29, 0.717) is 24.8 Å². The van der Waals surface area contributed by atoms with Crippen LogP contribution in [0.4, 0.5) is 22.0 Å². The molecule has 164 valence electrons. The monoisotopic (exact) mass is 423 g/mol. The smallest absolute Gasteiger partial charge is 0.322 e. The summed E-state index contributed by atoms with van der Waals surface area (Å²) < 4.78 is 0. The Morgan fingerprint density at radius 2 is 1.77 bits per heavy atom. The van der Waals surface area contributed by atoms with Gasteiger partial charge in [-0.1, -0.05) is 31.0 Å². The summed E-state index contributed by atoms with van der Waals surface area (Å²) in [5, 5.41) is 14.4. The Morgan fingerprint density at radius 3 is 2.52 bits per heavy atom. The van der Waals surface area contributed by atoms with E-state index in [-0.39, 0.29) is 22.7 Å². The normalized spacial score (nSPS) is 20.2. The largest absolute Gasteiger partial charge is 0.351 e. The number of pyridine rings is 1. The summed E-state index contributed by atoms with van der Waals surface area (Å²) in [6.45, 7) is 2.20. The van der Waals surface area contributed by atoms with E-state index >= 15 is 0 Å². The number of hydrogen-bond acceptors (Lipinski definition) is 5. The van der Waals surface area contributed by atoms with E-state index in [4.69, 9.17) is 0 Å². The van der Waals surface area contributed by atoms with Crippen LogP contribution in [0.3, 0.4) is 0 Å². The highest BCUT2D eigenvalue weighted by atomic mass is 16.6. The molecule has 1 aromatic heterocycles. The summed E-state index contributed by atoms with van der Waals surface area (Å²) in [5.74, 6) is 0.837. The van der Waals surface area contributed by atoms with Crippen molar-refractivity contribution in [3.8, 4) is 0 Å². The van der Waals surface area contributed by atoms with Crippen molar-refractivity contribution < 1.29 is 9.72 Å². The molecule has 0 unspecified atom stereocenters. The Bertz CT molecular complexity index is 899. The van der Waals surface area contributed by atoms with Crippen molar-refractivity contribution in [3.63, 3.8) is 0 Å². The highest BCUT2D eigenvalue weighted by Crippen LogP contribution is 2.34. The number of nitrogens with one attached hydrogen (secondary N) is 1. The first-order chi connectivity index (χ1) is 15.1. The Morgan fingerprint density at radius 1 is 1.00 bits per heavy atom. The first-order valence-corrected chi connectivity index (χ1v) is 11.1. The maximum Gasteiger partial charge on any atom is 0.322 e. The van der Waals surface area contributed by atoms with Gasteiger partial charge in [-0.05, 0) is 49.8 Å². The van der Waals surface area contributed by atoms with Crippen molar-refractivity contribution >= 4 is 23.2 Å². The van der Waals surface area contributed by atoms with Crippen LogP contribution >= 0.6 is 0 Å². The number of nitrogens with zero attached hydrogens (tertiary/aromatic N) is 4. The quantitative estimate of drug-likeness (QED) is 0.569. The molecule has 1 atom stereocenters. The first kappa shape index (κ1) is 21.1. The number of anilines is 2. The van der Waals surface area contributed by atoms with Gasteiger partial charge in [-0.25, -0.2) is 9.78 Å². The number of carbonyl (C=O) groups is 1. The van der Waals surface area contributed by atoms with E-state index in [1.807, 2.05) is 40.1 Å². The lowest BCUT2D eigenvalue weighted by Gasteiger charge is -2.40. The van der Waals surface area contributed by atoms with Crippen molar-refractivity contribution in [1.29, 1.82) is 0 Å². The molecule has 8 nitrogen and oxygen atoms in total. The van der Waals surface area contributed by atoms with Crippen molar-refractivity contribution in [1.82, 2.24) is 9.88 Å². The van der Waals surface area contributed by atoms with Crippen LogP contribution in [0.2, 0.25) is 0 Å². The molecular formula is C23H29N5O3. The zero-order chi connectivity index (χ0) is 21.6.